The summed E-state index contributed by atoms with van der Waals surface area (Å²) in [6.07, 6.45) is 2.66. The van der Waals surface area contributed by atoms with Crippen molar-refractivity contribution >= 4 is 17.4 Å². The average molecular weight is 254 g/mol. The van der Waals surface area contributed by atoms with Gasteiger partial charge in [-0.15, -0.1) is 0 Å². The van der Waals surface area contributed by atoms with E-state index < -0.39 is 5.82 Å². The van der Waals surface area contributed by atoms with Crippen molar-refractivity contribution in [3.05, 3.63) is 35.4 Å². The maximum absolute atomic E-state index is 13.1. The van der Waals surface area contributed by atoms with Crippen molar-refractivity contribution in [2.24, 2.45) is 0 Å². The van der Waals surface area contributed by atoms with Crippen LogP contribution in [0.25, 0.3) is 11.3 Å². The third-order valence-electron chi connectivity index (χ3n) is 2.54. The topological polar surface area (TPSA) is 43.8 Å². The Balaban J connectivity index is 2.42. The molecule has 2 rings (SSSR count). The molecule has 0 saturated heterocycles. The van der Waals surface area contributed by atoms with Crippen molar-refractivity contribution < 1.29 is 4.39 Å². The van der Waals surface area contributed by atoms with Gasteiger partial charge in [-0.2, -0.15) is 0 Å². The van der Waals surface area contributed by atoms with E-state index in [2.05, 4.69) is 11.9 Å². The van der Waals surface area contributed by atoms with E-state index in [1.807, 2.05) is 4.57 Å². The van der Waals surface area contributed by atoms with Crippen LogP contribution in [-0.2, 0) is 6.54 Å². The highest BCUT2D eigenvalue weighted by Crippen LogP contribution is 2.27. The van der Waals surface area contributed by atoms with Gasteiger partial charge in [0.2, 0.25) is 0 Å². The molecule has 0 aliphatic heterocycles. The highest BCUT2D eigenvalue weighted by atomic mass is 35.5. The number of anilines is 1. The van der Waals surface area contributed by atoms with Crippen molar-refractivity contribution in [1.82, 2.24) is 9.55 Å². The lowest BCUT2D eigenvalue weighted by Crippen LogP contribution is -2.01. The minimum atomic E-state index is -0.443. The number of hydrogen-bond donors (Lipinski definition) is 1. The first-order valence-corrected chi connectivity index (χ1v) is 5.77. The monoisotopic (exact) mass is 253 g/mol. The van der Waals surface area contributed by atoms with Crippen molar-refractivity contribution in [3.8, 4) is 11.3 Å². The fraction of sp³-hybridized carbons (Fsp3) is 0.250. The SMILES string of the molecule is CCCn1cnc(-c2ccc(F)c(Cl)c2)c1N. The summed E-state index contributed by atoms with van der Waals surface area (Å²) in [5, 5.41) is 0.0759. The lowest BCUT2D eigenvalue weighted by molar-refractivity contribution is 0.628. The van der Waals surface area contributed by atoms with E-state index >= 15 is 0 Å². The Morgan fingerprint density at radius 2 is 2.24 bits per heavy atom. The Bertz CT molecular complexity index is 537. The largest absolute Gasteiger partial charge is 0.383 e. The van der Waals surface area contributed by atoms with E-state index in [-0.39, 0.29) is 5.02 Å². The molecule has 0 unspecified atom stereocenters. The van der Waals surface area contributed by atoms with Crippen LogP contribution in [0.1, 0.15) is 13.3 Å². The summed E-state index contributed by atoms with van der Waals surface area (Å²) in [6.45, 7) is 2.88. The van der Waals surface area contributed by atoms with Gasteiger partial charge in [0.15, 0.2) is 0 Å². The molecule has 2 aromatic rings. The zero-order chi connectivity index (χ0) is 12.4. The Hall–Kier alpha value is -1.55. The third-order valence-corrected chi connectivity index (χ3v) is 2.83. The zero-order valence-corrected chi connectivity index (χ0v) is 10.2. The van der Waals surface area contributed by atoms with E-state index in [4.69, 9.17) is 17.3 Å². The Morgan fingerprint density at radius 3 is 2.88 bits per heavy atom. The molecule has 90 valence electrons. The van der Waals surface area contributed by atoms with Crippen LogP contribution in [0.15, 0.2) is 24.5 Å². The summed E-state index contributed by atoms with van der Waals surface area (Å²) in [5.74, 6) is 0.136. The van der Waals surface area contributed by atoms with Crippen LogP contribution >= 0.6 is 11.6 Å². The summed E-state index contributed by atoms with van der Waals surface area (Å²) >= 11 is 5.73. The van der Waals surface area contributed by atoms with Crippen LogP contribution in [0.3, 0.4) is 0 Å². The smallest absolute Gasteiger partial charge is 0.141 e. The Morgan fingerprint density at radius 1 is 1.47 bits per heavy atom. The van der Waals surface area contributed by atoms with Gasteiger partial charge >= 0.3 is 0 Å². The minimum absolute atomic E-state index is 0.0759. The fourth-order valence-corrected chi connectivity index (χ4v) is 1.86. The fourth-order valence-electron chi connectivity index (χ4n) is 1.68. The molecule has 5 heteroatoms. The molecular weight excluding hydrogens is 241 g/mol. The number of hydrogen-bond acceptors (Lipinski definition) is 2. The molecule has 1 heterocycles. The first-order valence-electron chi connectivity index (χ1n) is 5.39. The molecular formula is C12H13ClFN3. The average Bonchev–Trinajstić information content (AvgIpc) is 2.66. The van der Waals surface area contributed by atoms with Crippen molar-refractivity contribution in [2.45, 2.75) is 19.9 Å². The van der Waals surface area contributed by atoms with Gasteiger partial charge in [-0.25, -0.2) is 9.37 Å². The summed E-state index contributed by atoms with van der Waals surface area (Å²) in [6, 6.07) is 4.47. The summed E-state index contributed by atoms with van der Waals surface area (Å²) in [7, 11) is 0. The maximum Gasteiger partial charge on any atom is 0.141 e. The molecule has 0 saturated carbocycles. The van der Waals surface area contributed by atoms with Gasteiger partial charge < -0.3 is 10.3 Å². The van der Waals surface area contributed by atoms with Gasteiger partial charge in [-0.3, -0.25) is 0 Å². The highest BCUT2D eigenvalue weighted by molar-refractivity contribution is 6.31. The van der Waals surface area contributed by atoms with Gasteiger partial charge in [0.25, 0.3) is 0 Å². The van der Waals surface area contributed by atoms with E-state index in [1.165, 1.54) is 12.1 Å². The molecule has 0 aliphatic carbocycles. The molecule has 3 nitrogen and oxygen atoms in total. The van der Waals surface area contributed by atoms with E-state index in [9.17, 15) is 4.39 Å². The van der Waals surface area contributed by atoms with Gasteiger partial charge in [0.1, 0.15) is 17.3 Å². The number of aryl methyl sites for hydroxylation is 1. The van der Waals surface area contributed by atoms with E-state index in [0.29, 0.717) is 11.5 Å². The van der Waals surface area contributed by atoms with Gasteiger partial charge in [-0.1, -0.05) is 18.5 Å². The van der Waals surface area contributed by atoms with Crippen LogP contribution in [-0.4, -0.2) is 9.55 Å². The summed E-state index contributed by atoms with van der Waals surface area (Å²) in [5.41, 5.74) is 7.34. The molecule has 1 aromatic carbocycles. The molecule has 0 amide bonds. The zero-order valence-electron chi connectivity index (χ0n) is 9.45. The molecule has 0 fully saturated rings. The number of nitrogens with two attached hydrogens (primary N) is 1. The minimum Gasteiger partial charge on any atom is -0.383 e. The Kier molecular flexibility index (Phi) is 3.33. The number of benzene rings is 1. The highest BCUT2D eigenvalue weighted by Gasteiger charge is 2.11. The van der Waals surface area contributed by atoms with Crippen LogP contribution in [0, 0.1) is 5.82 Å². The molecule has 0 aliphatic rings. The van der Waals surface area contributed by atoms with Crippen molar-refractivity contribution in [1.29, 1.82) is 0 Å². The van der Waals surface area contributed by atoms with Gasteiger partial charge in [-0.05, 0) is 24.6 Å². The van der Waals surface area contributed by atoms with Gasteiger partial charge in [0, 0.05) is 12.1 Å². The lowest BCUT2D eigenvalue weighted by Gasteiger charge is -2.04. The van der Waals surface area contributed by atoms with E-state index in [1.54, 1.807) is 12.4 Å². The molecule has 2 N–H and O–H groups in total. The first kappa shape index (κ1) is 11.9. The van der Waals surface area contributed by atoms with Gasteiger partial charge in [0.05, 0.1) is 11.3 Å². The van der Waals surface area contributed by atoms with Crippen LogP contribution in [0.4, 0.5) is 10.2 Å². The second kappa shape index (κ2) is 4.75. The normalized spacial score (nSPS) is 10.8. The predicted octanol–water partition coefficient (Wildman–Crippen LogP) is 3.33. The number of imidazole rings is 1. The van der Waals surface area contributed by atoms with Crippen LogP contribution in [0.2, 0.25) is 5.02 Å². The van der Waals surface area contributed by atoms with Crippen LogP contribution in [0.5, 0.6) is 0 Å². The summed E-state index contributed by atoms with van der Waals surface area (Å²) in [4.78, 5) is 4.23. The molecule has 0 bridgehead atoms. The number of rotatable bonds is 3. The number of halogens is 2. The molecule has 17 heavy (non-hydrogen) atoms. The number of aromatic nitrogens is 2. The second-order valence-electron chi connectivity index (χ2n) is 3.80. The van der Waals surface area contributed by atoms with Crippen LogP contribution < -0.4 is 5.73 Å². The van der Waals surface area contributed by atoms with Crippen molar-refractivity contribution in [3.63, 3.8) is 0 Å². The number of nitrogen functional groups attached to an aromatic ring is 1. The third kappa shape index (κ3) is 2.26. The summed E-state index contributed by atoms with van der Waals surface area (Å²) < 4.78 is 14.9. The molecule has 0 spiro atoms. The predicted molar refractivity (Wildman–Crippen MR) is 67.3 cm³/mol. The molecule has 0 atom stereocenters. The van der Waals surface area contributed by atoms with Crippen molar-refractivity contribution in [2.75, 3.05) is 5.73 Å². The maximum atomic E-state index is 13.1. The lowest BCUT2D eigenvalue weighted by atomic mass is 10.1. The standard InChI is InChI=1S/C12H13ClFN3/c1-2-5-17-7-16-11(12(17)15)8-3-4-10(14)9(13)6-8/h3-4,6-7H,2,5,15H2,1H3. The molecule has 1 aromatic heterocycles. The number of nitrogens with zero attached hydrogens (tertiary/aromatic N) is 2. The van der Waals surface area contributed by atoms with E-state index in [0.717, 1.165) is 18.5 Å². The second-order valence-corrected chi connectivity index (χ2v) is 4.21. The first-order chi connectivity index (χ1) is 8.13. The Labute approximate surface area is 104 Å². The molecule has 0 radical (unpaired) electrons. The quantitative estimate of drug-likeness (QED) is 0.912.